The monoisotopic (exact) mass is 343 g/mol. The molecule has 0 fully saturated rings. The number of carbonyl (C=O) groups is 1. The Morgan fingerprint density at radius 2 is 2.04 bits per heavy atom. The van der Waals surface area contributed by atoms with Crippen LogP contribution in [0, 0.1) is 0 Å². The van der Waals surface area contributed by atoms with Crippen molar-refractivity contribution in [2.24, 2.45) is 0 Å². The van der Waals surface area contributed by atoms with Gasteiger partial charge in [-0.05, 0) is 6.07 Å². The van der Waals surface area contributed by atoms with E-state index in [4.69, 9.17) is 11.6 Å². The molecule has 116 valence electrons. The van der Waals surface area contributed by atoms with Crippen molar-refractivity contribution in [3.05, 3.63) is 70.5 Å². The Morgan fingerprint density at radius 3 is 2.83 bits per heavy atom. The molecule has 0 unspecified atom stereocenters. The molecular weight excluding hydrogens is 330 g/mol. The maximum Gasteiger partial charge on any atom is 0.252 e. The van der Waals surface area contributed by atoms with Gasteiger partial charge >= 0.3 is 0 Å². The molecule has 0 bridgehead atoms. The first kappa shape index (κ1) is 15.6. The summed E-state index contributed by atoms with van der Waals surface area (Å²) in [5, 5.41) is 6.21. The maximum absolute atomic E-state index is 12.0. The minimum atomic E-state index is -0.198. The molecule has 3 rings (SSSR count). The van der Waals surface area contributed by atoms with Crippen LogP contribution < -0.4 is 5.32 Å². The van der Waals surface area contributed by atoms with E-state index in [0.717, 1.165) is 16.3 Å². The van der Waals surface area contributed by atoms with Crippen molar-refractivity contribution in [1.82, 2.24) is 15.3 Å². The van der Waals surface area contributed by atoms with Gasteiger partial charge in [0.2, 0.25) is 0 Å². The zero-order chi connectivity index (χ0) is 16.1. The van der Waals surface area contributed by atoms with Crippen molar-refractivity contribution >= 4 is 28.8 Å². The van der Waals surface area contributed by atoms with Gasteiger partial charge in [-0.1, -0.05) is 41.9 Å². The largest absolute Gasteiger partial charge is 0.352 e. The molecule has 23 heavy (non-hydrogen) atoms. The highest BCUT2D eigenvalue weighted by Gasteiger charge is 2.10. The van der Waals surface area contributed by atoms with Gasteiger partial charge in [-0.2, -0.15) is 0 Å². The Kier molecular flexibility index (Phi) is 5.00. The summed E-state index contributed by atoms with van der Waals surface area (Å²) in [5.41, 5.74) is 2.51. The number of nitrogens with one attached hydrogen (secondary N) is 1. The lowest BCUT2D eigenvalue weighted by Crippen LogP contribution is -2.26. The molecule has 0 aliphatic heterocycles. The molecule has 4 nitrogen and oxygen atoms in total. The number of carbonyl (C=O) groups excluding carboxylic acids is 1. The number of rotatable bonds is 5. The molecule has 0 spiro atoms. The zero-order valence-electron chi connectivity index (χ0n) is 12.2. The van der Waals surface area contributed by atoms with Gasteiger partial charge in [0.25, 0.3) is 5.91 Å². The first-order valence-electron chi connectivity index (χ1n) is 7.11. The summed E-state index contributed by atoms with van der Waals surface area (Å²) >= 11 is 7.56. The van der Waals surface area contributed by atoms with Gasteiger partial charge < -0.3 is 5.32 Å². The summed E-state index contributed by atoms with van der Waals surface area (Å²) in [4.78, 5) is 20.5. The van der Waals surface area contributed by atoms with Crippen LogP contribution in [-0.4, -0.2) is 22.4 Å². The van der Waals surface area contributed by atoms with Crippen LogP contribution in [0.5, 0.6) is 0 Å². The van der Waals surface area contributed by atoms with Crippen molar-refractivity contribution in [2.75, 3.05) is 6.54 Å². The van der Waals surface area contributed by atoms with Crippen molar-refractivity contribution in [3.8, 4) is 10.6 Å². The number of hydrogen-bond acceptors (Lipinski definition) is 4. The highest BCUT2D eigenvalue weighted by molar-refractivity contribution is 7.13. The van der Waals surface area contributed by atoms with Crippen molar-refractivity contribution in [2.45, 2.75) is 6.42 Å². The second-order valence-electron chi connectivity index (χ2n) is 4.87. The van der Waals surface area contributed by atoms with E-state index < -0.39 is 0 Å². The minimum Gasteiger partial charge on any atom is -0.352 e. The molecule has 2 aromatic heterocycles. The van der Waals surface area contributed by atoms with E-state index in [2.05, 4.69) is 15.3 Å². The second kappa shape index (κ2) is 7.35. The fourth-order valence-corrected chi connectivity index (χ4v) is 3.16. The predicted molar refractivity (Wildman–Crippen MR) is 92.8 cm³/mol. The van der Waals surface area contributed by atoms with E-state index in [-0.39, 0.29) is 5.91 Å². The SMILES string of the molecule is O=C(NCCc1csc(-c2ccccc2)n1)c1ccncc1Cl. The predicted octanol–water partition coefficient (Wildman–Crippen LogP) is 3.83. The molecule has 0 aliphatic carbocycles. The molecule has 0 saturated heterocycles. The fourth-order valence-electron chi connectivity index (χ4n) is 2.09. The molecule has 1 aromatic carbocycles. The van der Waals surface area contributed by atoms with Gasteiger partial charge in [-0.3, -0.25) is 9.78 Å². The van der Waals surface area contributed by atoms with Crippen LogP contribution >= 0.6 is 22.9 Å². The quantitative estimate of drug-likeness (QED) is 0.766. The van der Waals surface area contributed by atoms with E-state index in [1.807, 2.05) is 35.7 Å². The van der Waals surface area contributed by atoms with Crippen LogP contribution in [-0.2, 0) is 6.42 Å². The van der Waals surface area contributed by atoms with Crippen molar-refractivity contribution in [3.63, 3.8) is 0 Å². The molecule has 0 radical (unpaired) electrons. The average Bonchev–Trinajstić information content (AvgIpc) is 3.05. The van der Waals surface area contributed by atoms with Crippen LogP contribution in [0.3, 0.4) is 0 Å². The van der Waals surface area contributed by atoms with E-state index in [0.29, 0.717) is 23.6 Å². The van der Waals surface area contributed by atoms with Gasteiger partial charge in [0.1, 0.15) is 5.01 Å². The highest BCUT2D eigenvalue weighted by Crippen LogP contribution is 2.23. The lowest BCUT2D eigenvalue weighted by Gasteiger charge is -2.05. The summed E-state index contributed by atoms with van der Waals surface area (Å²) in [6.07, 6.45) is 3.69. The topological polar surface area (TPSA) is 54.9 Å². The lowest BCUT2D eigenvalue weighted by molar-refractivity contribution is 0.0954. The number of aromatic nitrogens is 2. The molecule has 1 amide bonds. The zero-order valence-corrected chi connectivity index (χ0v) is 13.8. The third kappa shape index (κ3) is 3.94. The third-order valence-electron chi connectivity index (χ3n) is 3.26. The Hall–Kier alpha value is -2.24. The van der Waals surface area contributed by atoms with Gasteiger partial charge in [0.15, 0.2) is 0 Å². The van der Waals surface area contributed by atoms with E-state index in [1.165, 1.54) is 6.20 Å². The van der Waals surface area contributed by atoms with Crippen LogP contribution in [0.1, 0.15) is 16.1 Å². The molecule has 2 heterocycles. The number of nitrogens with zero attached hydrogens (tertiary/aromatic N) is 2. The Bertz CT molecular complexity index is 804. The Balaban J connectivity index is 1.56. The molecular formula is C17H14ClN3OS. The second-order valence-corrected chi connectivity index (χ2v) is 6.14. The van der Waals surface area contributed by atoms with Crippen LogP contribution in [0.2, 0.25) is 5.02 Å². The molecule has 0 atom stereocenters. The number of halogens is 1. The molecule has 0 aliphatic rings. The summed E-state index contributed by atoms with van der Waals surface area (Å²) in [7, 11) is 0. The number of amides is 1. The smallest absolute Gasteiger partial charge is 0.252 e. The number of thiazole rings is 1. The van der Waals surface area contributed by atoms with Crippen LogP contribution in [0.4, 0.5) is 0 Å². The third-order valence-corrected chi connectivity index (χ3v) is 4.50. The van der Waals surface area contributed by atoms with Crippen LogP contribution in [0.25, 0.3) is 10.6 Å². The normalized spacial score (nSPS) is 10.5. The molecule has 6 heteroatoms. The standard InChI is InChI=1S/C17H14ClN3OS/c18-15-10-19-8-7-14(15)16(22)20-9-6-13-11-23-17(21-13)12-4-2-1-3-5-12/h1-5,7-8,10-11H,6,9H2,(H,20,22). The summed E-state index contributed by atoms with van der Waals surface area (Å²) < 4.78 is 0. The van der Waals surface area contributed by atoms with Crippen LogP contribution in [0.15, 0.2) is 54.2 Å². The fraction of sp³-hybridized carbons (Fsp3) is 0.118. The molecule has 3 aromatic rings. The van der Waals surface area contributed by atoms with Gasteiger partial charge in [-0.15, -0.1) is 11.3 Å². The summed E-state index contributed by atoms with van der Waals surface area (Å²) in [6.45, 7) is 0.509. The number of hydrogen-bond donors (Lipinski definition) is 1. The number of pyridine rings is 1. The summed E-state index contributed by atoms with van der Waals surface area (Å²) in [5.74, 6) is -0.198. The lowest BCUT2D eigenvalue weighted by atomic mass is 10.2. The highest BCUT2D eigenvalue weighted by atomic mass is 35.5. The van der Waals surface area contributed by atoms with E-state index in [1.54, 1.807) is 23.6 Å². The number of benzene rings is 1. The van der Waals surface area contributed by atoms with Gasteiger partial charge in [0, 0.05) is 36.3 Å². The molecule has 0 saturated carbocycles. The van der Waals surface area contributed by atoms with Gasteiger partial charge in [-0.25, -0.2) is 4.98 Å². The van der Waals surface area contributed by atoms with E-state index in [9.17, 15) is 4.79 Å². The molecule has 1 N–H and O–H groups in total. The van der Waals surface area contributed by atoms with E-state index >= 15 is 0 Å². The van der Waals surface area contributed by atoms with Crippen molar-refractivity contribution < 1.29 is 4.79 Å². The summed E-state index contributed by atoms with van der Waals surface area (Å²) in [6, 6.07) is 11.7. The maximum atomic E-state index is 12.0. The average molecular weight is 344 g/mol. The van der Waals surface area contributed by atoms with Crippen molar-refractivity contribution in [1.29, 1.82) is 0 Å². The van der Waals surface area contributed by atoms with Gasteiger partial charge in [0.05, 0.1) is 16.3 Å². The Morgan fingerprint density at radius 1 is 1.22 bits per heavy atom. The first-order valence-corrected chi connectivity index (χ1v) is 8.37. The minimum absolute atomic E-state index is 0.198. The Labute approximate surface area is 143 Å². The first-order chi connectivity index (χ1) is 11.2.